The van der Waals surface area contributed by atoms with Crippen LogP contribution in [0.1, 0.15) is 57.6 Å². The Morgan fingerprint density at radius 1 is 1.00 bits per heavy atom. The van der Waals surface area contributed by atoms with E-state index in [2.05, 4.69) is 39.9 Å². The van der Waals surface area contributed by atoms with Crippen molar-refractivity contribution >= 4 is 18.1 Å². The Morgan fingerprint density at radius 2 is 1.59 bits per heavy atom. The molecule has 0 bridgehead atoms. The van der Waals surface area contributed by atoms with Crippen LogP contribution in [0.15, 0.2) is 53.5 Å². The molecule has 3 rings (SSSR count). The van der Waals surface area contributed by atoms with Crippen molar-refractivity contribution in [3.05, 3.63) is 59.7 Å². The number of hydrogen-bond acceptors (Lipinski definition) is 5. The third kappa shape index (κ3) is 5.91. The first-order chi connectivity index (χ1) is 16.3. The fourth-order valence-electron chi connectivity index (χ4n) is 4.38. The second-order valence-corrected chi connectivity index (χ2v) is 9.21. The van der Waals surface area contributed by atoms with Gasteiger partial charge in [-0.2, -0.15) is 4.99 Å². The van der Waals surface area contributed by atoms with Gasteiger partial charge in [-0.05, 0) is 40.5 Å². The van der Waals surface area contributed by atoms with Crippen molar-refractivity contribution in [2.45, 2.75) is 58.7 Å². The summed E-state index contributed by atoms with van der Waals surface area (Å²) in [6.45, 7) is 7.94. The Morgan fingerprint density at radius 3 is 2.12 bits per heavy atom. The normalized spacial score (nSPS) is 14.9. The van der Waals surface area contributed by atoms with E-state index in [4.69, 9.17) is 4.74 Å². The number of rotatable bonds is 10. The zero-order valence-corrected chi connectivity index (χ0v) is 20.2. The van der Waals surface area contributed by atoms with E-state index in [1.165, 1.54) is 6.08 Å². The van der Waals surface area contributed by atoms with Crippen molar-refractivity contribution in [2.24, 2.45) is 16.8 Å². The van der Waals surface area contributed by atoms with Crippen molar-refractivity contribution < 1.29 is 19.1 Å². The van der Waals surface area contributed by atoms with Crippen LogP contribution in [0.25, 0.3) is 11.1 Å². The van der Waals surface area contributed by atoms with Crippen molar-refractivity contribution in [1.82, 2.24) is 10.6 Å². The van der Waals surface area contributed by atoms with E-state index in [0.29, 0.717) is 12.8 Å². The van der Waals surface area contributed by atoms with E-state index in [-0.39, 0.29) is 24.4 Å². The molecule has 2 N–H and O–H groups in total. The maximum atomic E-state index is 13.0. The summed E-state index contributed by atoms with van der Waals surface area (Å²) in [5.41, 5.74) is 4.54. The van der Waals surface area contributed by atoms with Crippen LogP contribution >= 0.6 is 0 Å². The summed E-state index contributed by atoms with van der Waals surface area (Å²) in [6, 6.07) is 15.4. The van der Waals surface area contributed by atoms with Gasteiger partial charge in [-0.1, -0.05) is 82.6 Å². The highest BCUT2D eigenvalue weighted by Gasteiger charge is 2.31. The van der Waals surface area contributed by atoms with Crippen LogP contribution in [0.5, 0.6) is 0 Å². The smallest absolute Gasteiger partial charge is 0.407 e. The van der Waals surface area contributed by atoms with Gasteiger partial charge < -0.3 is 15.4 Å². The molecular weight excluding hydrogens is 430 g/mol. The monoisotopic (exact) mass is 463 g/mol. The Balaban J connectivity index is 1.68. The molecule has 2 aromatic carbocycles. The molecule has 3 atom stereocenters. The minimum atomic E-state index is -0.808. The number of carbonyl (C=O) groups excluding carboxylic acids is 3. The van der Waals surface area contributed by atoms with E-state index in [1.54, 1.807) is 0 Å². The van der Waals surface area contributed by atoms with E-state index in [0.717, 1.165) is 22.3 Å². The highest BCUT2D eigenvalue weighted by atomic mass is 16.5. The number of carbonyl (C=O) groups is 2. The number of nitrogens with one attached hydrogen (secondary N) is 2. The van der Waals surface area contributed by atoms with Gasteiger partial charge in [0.05, 0.1) is 0 Å². The van der Waals surface area contributed by atoms with Crippen LogP contribution < -0.4 is 10.6 Å². The molecule has 0 fully saturated rings. The first-order valence-electron chi connectivity index (χ1n) is 11.8. The summed E-state index contributed by atoms with van der Waals surface area (Å²) in [5, 5.41) is 5.48. The lowest BCUT2D eigenvalue weighted by Crippen LogP contribution is -2.52. The van der Waals surface area contributed by atoms with Gasteiger partial charge in [-0.3, -0.25) is 4.79 Å². The van der Waals surface area contributed by atoms with Gasteiger partial charge in [-0.15, -0.1) is 0 Å². The molecule has 7 heteroatoms. The summed E-state index contributed by atoms with van der Waals surface area (Å²) in [4.78, 5) is 40.2. The average Bonchev–Trinajstić information content (AvgIpc) is 3.14. The highest BCUT2D eigenvalue weighted by molar-refractivity contribution is 5.86. The van der Waals surface area contributed by atoms with Crippen LogP contribution in [0.3, 0.4) is 0 Å². The number of alkyl carbamates (subject to hydrolysis) is 1. The van der Waals surface area contributed by atoms with E-state index >= 15 is 0 Å². The van der Waals surface area contributed by atoms with Crippen molar-refractivity contribution in [3.63, 3.8) is 0 Å². The molecule has 180 valence electrons. The first kappa shape index (κ1) is 25.2. The summed E-state index contributed by atoms with van der Waals surface area (Å²) < 4.78 is 5.62. The fraction of sp³-hybridized carbons (Fsp3) is 0.444. The molecule has 7 nitrogen and oxygen atoms in total. The largest absolute Gasteiger partial charge is 0.449 e. The second kappa shape index (κ2) is 11.6. The third-order valence-corrected chi connectivity index (χ3v) is 6.32. The molecule has 1 aliphatic rings. The molecule has 2 aromatic rings. The van der Waals surface area contributed by atoms with E-state index in [1.807, 2.05) is 52.0 Å². The minimum absolute atomic E-state index is 0.0635. The van der Waals surface area contributed by atoms with Crippen molar-refractivity contribution in [1.29, 1.82) is 0 Å². The molecular formula is C27H33N3O4. The van der Waals surface area contributed by atoms with Gasteiger partial charge in [0.1, 0.15) is 18.8 Å². The maximum absolute atomic E-state index is 13.0. The van der Waals surface area contributed by atoms with Gasteiger partial charge in [0.25, 0.3) is 0 Å². The number of benzene rings is 2. The van der Waals surface area contributed by atoms with Gasteiger partial charge >= 0.3 is 6.09 Å². The van der Waals surface area contributed by atoms with Gasteiger partial charge in [0.2, 0.25) is 12.0 Å². The molecule has 0 radical (unpaired) electrons. The number of hydrogen-bond donors (Lipinski definition) is 2. The zero-order valence-electron chi connectivity index (χ0n) is 20.2. The van der Waals surface area contributed by atoms with Crippen LogP contribution in [-0.4, -0.2) is 36.9 Å². The first-order valence-corrected chi connectivity index (χ1v) is 11.8. The Labute approximate surface area is 201 Å². The standard InChI is InChI=1S/C27H33N3O4/c1-5-18(4)25(26(32)29-24(28-16-31)14-17(2)3)30-27(33)34-15-23-21-12-8-6-10-19(21)20-11-7-9-13-22(20)23/h6-13,17-18,23-25H,5,14-15H2,1-4H3,(H,29,32)(H,30,33)/t18-,24-,25-/m0/s1. The Hall–Kier alpha value is -3.44. The quantitative estimate of drug-likeness (QED) is 0.392. The number of nitrogens with zero attached hydrogens (tertiary/aromatic N) is 1. The topological polar surface area (TPSA) is 96.9 Å². The number of fused-ring (bicyclic) bond motifs is 3. The van der Waals surface area contributed by atoms with Gasteiger partial charge in [0.15, 0.2) is 0 Å². The molecule has 0 aromatic heterocycles. The maximum Gasteiger partial charge on any atom is 0.407 e. The van der Waals surface area contributed by atoms with E-state index < -0.39 is 24.2 Å². The number of isocyanates is 1. The van der Waals surface area contributed by atoms with Crippen LogP contribution in [0.4, 0.5) is 4.79 Å². The lowest BCUT2D eigenvalue weighted by atomic mass is 9.98. The van der Waals surface area contributed by atoms with Gasteiger partial charge in [-0.25, -0.2) is 9.59 Å². The SMILES string of the molecule is CC[C@H](C)[C@H](NC(=O)OCC1c2ccccc2-c2ccccc21)C(=O)N[C@@H](CC(C)C)N=C=O. The molecule has 0 unspecified atom stereocenters. The molecule has 0 spiro atoms. The molecule has 2 amide bonds. The lowest BCUT2D eigenvalue weighted by Gasteiger charge is -2.25. The number of aliphatic imine (C=N–C) groups is 1. The predicted molar refractivity (Wildman–Crippen MR) is 131 cm³/mol. The Bertz CT molecular complexity index is 1020. The molecule has 0 saturated carbocycles. The van der Waals surface area contributed by atoms with E-state index in [9.17, 15) is 14.4 Å². The summed E-state index contributed by atoms with van der Waals surface area (Å²) in [7, 11) is 0. The third-order valence-electron chi connectivity index (χ3n) is 6.32. The van der Waals surface area contributed by atoms with Crippen LogP contribution in [0.2, 0.25) is 0 Å². The number of ether oxygens (including phenoxy) is 1. The predicted octanol–water partition coefficient (Wildman–Crippen LogP) is 4.76. The number of amides is 2. The molecule has 1 aliphatic carbocycles. The molecule has 0 saturated heterocycles. The van der Waals surface area contributed by atoms with Crippen molar-refractivity contribution in [2.75, 3.05) is 6.61 Å². The summed E-state index contributed by atoms with van der Waals surface area (Å²) in [6.07, 6.45) is 1.36. The van der Waals surface area contributed by atoms with Crippen LogP contribution in [0, 0.1) is 11.8 Å². The van der Waals surface area contributed by atoms with Gasteiger partial charge in [0, 0.05) is 5.92 Å². The molecule has 0 aliphatic heterocycles. The Kier molecular flexibility index (Phi) is 8.61. The zero-order chi connectivity index (χ0) is 24.7. The minimum Gasteiger partial charge on any atom is -0.449 e. The van der Waals surface area contributed by atoms with Crippen LogP contribution in [-0.2, 0) is 14.3 Å². The second-order valence-electron chi connectivity index (χ2n) is 9.21. The average molecular weight is 464 g/mol. The summed E-state index contributed by atoms with van der Waals surface area (Å²) in [5.74, 6) is -0.376. The molecule has 0 heterocycles. The lowest BCUT2D eigenvalue weighted by molar-refractivity contribution is -0.125. The fourth-order valence-corrected chi connectivity index (χ4v) is 4.38. The van der Waals surface area contributed by atoms with Crippen molar-refractivity contribution in [3.8, 4) is 11.1 Å². The highest BCUT2D eigenvalue weighted by Crippen LogP contribution is 2.44. The molecule has 34 heavy (non-hydrogen) atoms. The summed E-state index contributed by atoms with van der Waals surface area (Å²) >= 11 is 0.